The van der Waals surface area contributed by atoms with Gasteiger partial charge in [-0.1, -0.05) is 41.9 Å². The Hall–Kier alpha value is -1.91. The van der Waals surface area contributed by atoms with Crippen molar-refractivity contribution in [1.29, 1.82) is 0 Å². The van der Waals surface area contributed by atoms with Crippen LogP contribution in [0.15, 0.2) is 48.8 Å². The molecule has 4 nitrogen and oxygen atoms in total. The number of rotatable bonds is 5. The lowest BCUT2D eigenvalue weighted by Gasteiger charge is -2.28. The first-order valence-electron chi connectivity index (χ1n) is 7.78. The van der Waals surface area contributed by atoms with Gasteiger partial charge in [-0.25, -0.2) is 0 Å². The minimum atomic E-state index is -0.0520. The van der Waals surface area contributed by atoms with Crippen LogP contribution in [0.4, 0.5) is 0 Å². The van der Waals surface area contributed by atoms with Crippen LogP contribution in [0, 0.1) is 0 Å². The fourth-order valence-corrected chi connectivity index (χ4v) is 3.02. The van der Waals surface area contributed by atoms with E-state index in [1.54, 1.807) is 12.3 Å². The van der Waals surface area contributed by atoms with Crippen molar-refractivity contribution in [2.45, 2.75) is 18.9 Å². The van der Waals surface area contributed by atoms with Crippen LogP contribution in [0.5, 0.6) is 0 Å². The van der Waals surface area contributed by atoms with Gasteiger partial charge in [0.25, 0.3) is 5.91 Å². The van der Waals surface area contributed by atoms with Gasteiger partial charge in [0.05, 0.1) is 23.2 Å². The number of nitrogens with zero attached hydrogens (tertiary/aromatic N) is 2. The minimum Gasteiger partial charge on any atom is -0.379 e. The van der Waals surface area contributed by atoms with Gasteiger partial charge in [-0.05, 0) is 24.5 Å². The van der Waals surface area contributed by atoms with E-state index < -0.39 is 0 Å². The monoisotopic (exact) mass is 330 g/mol. The van der Waals surface area contributed by atoms with E-state index in [2.05, 4.69) is 17.1 Å². The third kappa shape index (κ3) is 3.89. The van der Waals surface area contributed by atoms with E-state index in [4.69, 9.17) is 16.3 Å². The molecular weight excluding hydrogens is 312 g/mol. The Morgan fingerprint density at radius 3 is 2.83 bits per heavy atom. The molecule has 0 unspecified atom stereocenters. The smallest absolute Gasteiger partial charge is 0.255 e. The lowest BCUT2D eigenvalue weighted by atomic mass is 10.1. The predicted molar refractivity (Wildman–Crippen MR) is 89.7 cm³/mol. The zero-order valence-electron chi connectivity index (χ0n) is 12.8. The number of halogens is 1. The second-order valence-electron chi connectivity index (χ2n) is 5.61. The quantitative estimate of drug-likeness (QED) is 0.845. The average Bonchev–Trinajstić information content (AvgIpc) is 3.10. The van der Waals surface area contributed by atoms with Gasteiger partial charge in [0, 0.05) is 25.5 Å². The standard InChI is InChI=1S/C18H19ClN2O2/c19-17-12-20-9-6-16(17)18(22)21(15-8-11-23-13-15)10-7-14-4-2-1-3-5-14/h1-6,9,12,15H,7-8,10-11,13H2/t15-/m1/s1. The van der Waals surface area contributed by atoms with Crippen LogP contribution in [0.3, 0.4) is 0 Å². The van der Waals surface area contributed by atoms with Gasteiger partial charge in [-0.2, -0.15) is 0 Å². The molecule has 3 rings (SSSR count). The van der Waals surface area contributed by atoms with E-state index >= 15 is 0 Å². The zero-order chi connectivity index (χ0) is 16.1. The highest BCUT2D eigenvalue weighted by atomic mass is 35.5. The summed E-state index contributed by atoms with van der Waals surface area (Å²) in [5.74, 6) is -0.0520. The highest BCUT2D eigenvalue weighted by Crippen LogP contribution is 2.21. The van der Waals surface area contributed by atoms with Crippen molar-refractivity contribution in [2.24, 2.45) is 0 Å². The van der Waals surface area contributed by atoms with Crippen molar-refractivity contribution in [3.63, 3.8) is 0 Å². The molecule has 0 bridgehead atoms. The SMILES string of the molecule is O=C(c1ccncc1Cl)N(CCc1ccccc1)[C@@H]1CCOC1. The fourth-order valence-electron chi connectivity index (χ4n) is 2.82. The maximum Gasteiger partial charge on any atom is 0.255 e. The molecule has 23 heavy (non-hydrogen) atoms. The summed E-state index contributed by atoms with van der Waals surface area (Å²) in [4.78, 5) is 18.8. The second-order valence-corrected chi connectivity index (χ2v) is 6.01. The summed E-state index contributed by atoms with van der Waals surface area (Å²) < 4.78 is 5.47. The second kappa shape index (κ2) is 7.57. The number of amides is 1. The molecule has 0 aliphatic carbocycles. The number of pyridine rings is 1. The first kappa shape index (κ1) is 16.0. The molecule has 0 saturated carbocycles. The number of carbonyl (C=O) groups excluding carboxylic acids is 1. The maximum atomic E-state index is 12.9. The summed E-state index contributed by atoms with van der Waals surface area (Å²) in [6.07, 6.45) is 4.78. The first-order valence-corrected chi connectivity index (χ1v) is 8.15. The molecule has 1 aromatic heterocycles. The molecule has 1 aliphatic rings. The fraction of sp³-hybridized carbons (Fsp3) is 0.333. The van der Waals surface area contributed by atoms with Crippen LogP contribution < -0.4 is 0 Å². The molecule has 0 N–H and O–H groups in total. The van der Waals surface area contributed by atoms with Crippen LogP contribution in [0.2, 0.25) is 5.02 Å². The minimum absolute atomic E-state index is 0.0520. The molecular formula is C18H19ClN2O2. The lowest BCUT2D eigenvalue weighted by Crippen LogP contribution is -2.42. The van der Waals surface area contributed by atoms with E-state index in [0.717, 1.165) is 12.8 Å². The summed E-state index contributed by atoms with van der Waals surface area (Å²) in [6, 6.07) is 12.0. The Kier molecular flexibility index (Phi) is 5.26. The van der Waals surface area contributed by atoms with Gasteiger partial charge in [-0.15, -0.1) is 0 Å². The first-order chi connectivity index (χ1) is 11.3. The van der Waals surface area contributed by atoms with Crippen molar-refractivity contribution >= 4 is 17.5 Å². The molecule has 1 aliphatic heterocycles. The Balaban J connectivity index is 1.78. The highest BCUT2D eigenvalue weighted by molar-refractivity contribution is 6.33. The molecule has 1 amide bonds. The van der Waals surface area contributed by atoms with Crippen LogP contribution in [0.1, 0.15) is 22.3 Å². The van der Waals surface area contributed by atoms with Crippen molar-refractivity contribution in [3.8, 4) is 0 Å². The van der Waals surface area contributed by atoms with Gasteiger partial charge in [0.2, 0.25) is 0 Å². The number of aromatic nitrogens is 1. The maximum absolute atomic E-state index is 12.9. The van der Waals surface area contributed by atoms with E-state index in [-0.39, 0.29) is 11.9 Å². The van der Waals surface area contributed by atoms with Crippen molar-refractivity contribution in [2.75, 3.05) is 19.8 Å². The van der Waals surface area contributed by atoms with E-state index in [9.17, 15) is 4.79 Å². The number of hydrogen-bond donors (Lipinski definition) is 0. The summed E-state index contributed by atoms with van der Waals surface area (Å²) in [5, 5.41) is 0.390. The molecule has 0 radical (unpaired) electrons. The Morgan fingerprint density at radius 2 is 2.13 bits per heavy atom. The van der Waals surface area contributed by atoms with Crippen LogP contribution >= 0.6 is 11.6 Å². The molecule has 2 heterocycles. The topological polar surface area (TPSA) is 42.4 Å². The summed E-state index contributed by atoms with van der Waals surface area (Å²) in [7, 11) is 0. The lowest BCUT2D eigenvalue weighted by molar-refractivity contribution is 0.0656. The van der Waals surface area contributed by atoms with Crippen molar-refractivity contribution < 1.29 is 9.53 Å². The normalized spacial score (nSPS) is 17.2. The van der Waals surface area contributed by atoms with Crippen LogP contribution in [0.25, 0.3) is 0 Å². The molecule has 5 heteroatoms. The predicted octanol–water partition coefficient (Wildman–Crippen LogP) is 3.21. The van der Waals surface area contributed by atoms with E-state index in [1.807, 2.05) is 23.1 Å². The molecule has 1 saturated heterocycles. The van der Waals surface area contributed by atoms with Gasteiger partial charge in [-0.3, -0.25) is 9.78 Å². The molecule has 1 fully saturated rings. The third-order valence-corrected chi connectivity index (χ3v) is 4.40. The number of hydrogen-bond acceptors (Lipinski definition) is 3. The number of benzene rings is 1. The molecule has 2 aromatic rings. The summed E-state index contributed by atoms with van der Waals surface area (Å²) in [5.41, 5.74) is 1.71. The molecule has 120 valence electrons. The van der Waals surface area contributed by atoms with Gasteiger partial charge in [0.1, 0.15) is 0 Å². The molecule has 0 spiro atoms. The zero-order valence-corrected chi connectivity index (χ0v) is 13.6. The summed E-state index contributed by atoms with van der Waals surface area (Å²) in [6.45, 7) is 1.93. The number of ether oxygens (including phenoxy) is 1. The Labute approximate surface area is 141 Å². The largest absolute Gasteiger partial charge is 0.379 e. The van der Waals surface area contributed by atoms with Gasteiger partial charge >= 0.3 is 0 Å². The van der Waals surface area contributed by atoms with Crippen molar-refractivity contribution in [3.05, 3.63) is 64.9 Å². The molecule has 1 atom stereocenters. The number of carbonyl (C=O) groups is 1. The van der Waals surface area contributed by atoms with Crippen LogP contribution in [-0.2, 0) is 11.2 Å². The Morgan fingerprint density at radius 1 is 1.30 bits per heavy atom. The Bertz CT molecular complexity index is 657. The van der Waals surface area contributed by atoms with E-state index in [1.165, 1.54) is 11.8 Å². The van der Waals surface area contributed by atoms with Gasteiger partial charge < -0.3 is 9.64 Å². The van der Waals surface area contributed by atoms with E-state index in [0.29, 0.717) is 30.3 Å². The van der Waals surface area contributed by atoms with Crippen molar-refractivity contribution in [1.82, 2.24) is 9.88 Å². The average molecular weight is 331 g/mol. The van der Waals surface area contributed by atoms with Crippen LogP contribution in [-0.4, -0.2) is 41.6 Å². The third-order valence-electron chi connectivity index (χ3n) is 4.09. The molecule has 1 aromatic carbocycles. The highest BCUT2D eigenvalue weighted by Gasteiger charge is 2.28. The summed E-state index contributed by atoms with van der Waals surface area (Å²) >= 11 is 6.15. The van der Waals surface area contributed by atoms with Gasteiger partial charge in [0.15, 0.2) is 0 Å².